The van der Waals surface area contributed by atoms with Crippen molar-refractivity contribution in [1.29, 1.82) is 0 Å². The quantitative estimate of drug-likeness (QED) is 0.0795. The Labute approximate surface area is 232 Å². The van der Waals surface area contributed by atoms with Crippen molar-refractivity contribution in [1.82, 2.24) is 0 Å². The molecule has 0 fully saturated rings. The number of rotatable bonds is 32. The molecule has 36 heavy (non-hydrogen) atoms. The highest BCUT2D eigenvalue weighted by atomic mass is 14.1. The Morgan fingerprint density at radius 3 is 0.667 bits per heavy atom. The Morgan fingerprint density at radius 1 is 0.222 bits per heavy atom. The Balaban J connectivity index is 3.46. The lowest BCUT2D eigenvalue weighted by molar-refractivity contribution is 0.370. The van der Waals surface area contributed by atoms with Crippen LogP contribution in [0.5, 0.6) is 0 Å². The van der Waals surface area contributed by atoms with Crippen LogP contribution >= 0.6 is 0 Å². The second-order valence-electron chi connectivity index (χ2n) is 12.4. The van der Waals surface area contributed by atoms with Gasteiger partial charge in [-0.15, -0.1) is 0 Å². The van der Waals surface area contributed by atoms with Crippen molar-refractivity contribution in [3.05, 3.63) is 0 Å². The first kappa shape index (κ1) is 36.0. The molecule has 0 amide bonds. The molecule has 0 nitrogen and oxygen atoms in total. The van der Waals surface area contributed by atoms with Gasteiger partial charge in [0.2, 0.25) is 0 Å². The zero-order valence-corrected chi connectivity index (χ0v) is 26.2. The van der Waals surface area contributed by atoms with Crippen LogP contribution in [0.1, 0.15) is 226 Å². The summed E-state index contributed by atoms with van der Waals surface area (Å²) in [5.74, 6) is 1.04. The largest absolute Gasteiger partial charge is 0.0654 e. The molecule has 0 aliphatic carbocycles. The summed E-state index contributed by atoms with van der Waals surface area (Å²) in [4.78, 5) is 0. The van der Waals surface area contributed by atoms with Crippen LogP contribution in [-0.2, 0) is 0 Å². The molecule has 0 spiro atoms. The molecule has 0 aromatic heterocycles. The SMILES string of the molecule is CCCCCCCCCCCCCCCCCC(CCCC)CCCCCCCCCCCCCC. The number of hydrogen-bond donors (Lipinski definition) is 0. The van der Waals surface area contributed by atoms with Crippen LogP contribution < -0.4 is 0 Å². The van der Waals surface area contributed by atoms with Gasteiger partial charge in [-0.1, -0.05) is 226 Å². The first-order valence-electron chi connectivity index (χ1n) is 17.8. The molecule has 0 saturated carbocycles. The number of unbranched alkanes of at least 4 members (excludes halogenated alkanes) is 26. The van der Waals surface area contributed by atoms with Crippen LogP contribution in [0.3, 0.4) is 0 Å². The summed E-state index contributed by atoms with van der Waals surface area (Å²) in [5, 5.41) is 0. The van der Waals surface area contributed by atoms with Crippen molar-refractivity contribution in [2.75, 3.05) is 0 Å². The van der Waals surface area contributed by atoms with Gasteiger partial charge in [0, 0.05) is 0 Å². The molecular weight excluding hydrogens is 432 g/mol. The van der Waals surface area contributed by atoms with E-state index in [0.717, 1.165) is 5.92 Å². The summed E-state index contributed by atoms with van der Waals surface area (Å²) >= 11 is 0. The summed E-state index contributed by atoms with van der Waals surface area (Å²) in [5.41, 5.74) is 0. The molecule has 1 unspecified atom stereocenters. The highest BCUT2D eigenvalue weighted by molar-refractivity contribution is 4.62. The lowest BCUT2D eigenvalue weighted by atomic mass is 9.90. The summed E-state index contributed by atoms with van der Waals surface area (Å²) in [6.07, 6.45) is 47.3. The highest BCUT2D eigenvalue weighted by Crippen LogP contribution is 2.24. The van der Waals surface area contributed by atoms with E-state index >= 15 is 0 Å². The van der Waals surface area contributed by atoms with Crippen LogP contribution in [0, 0.1) is 5.92 Å². The van der Waals surface area contributed by atoms with Gasteiger partial charge in [0.25, 0.3) is 0 Å². The van der Waals surface area contributed by atoms with Gasteiger partial charge in [-0.2, -0.15) is 0 Å². The minimum Gasteiger partial charge on any atom is -0.0654 e. The fourth-order valence-corrected chi connectivity index (χ4v) is 6.00. The van der Waals surface area contributed by atoms with Gasteiger partial charge in [-0.3, -0.25) is 0 Å². The second kappa shape index (κ2) is 33.0. The smallest absolute Gasteiger partial charge is 0.0414 e. The van der Waals surface area contributed by atoms with E-state index in [2.05, 4.69) is 20.8 Å². The van der Waals surface area contributed by atoms with Crippen molar-refractivity contribution in [2.24, 2.45) is 5.92 Å². The fourth-order valence-electron chi connectivity index (χ4n) is 6.00. The van der Waals surface area contributed by atoms with Crippen LogP contribution in [0.2, 0.25) is 0 Å². The molecule has 0 aliphatic heterocycles. The first-order valence-corrected chi connectivity index (χ1v) is 17.8. The third-order valence-corrected chi connectivity index (χ3v) is 8.65. The molecule has 0 aliphatic rings. The lowest BCUT2D eigenvalue weighted by Gasteiger charge is -2.16. The molecular formula is C36H74. The van der Waals surface area contributed by atoms with E-state index < -0.39 is 0 Å². The second-order valence-corrected chi connectivity index (χ2v) is 12.4. The van der Waals surface area contributed by atoms with Crippen LogP contribution in [-0.4, -0.2) is 0 Å². The molecule has 0 aromatic carbocycles. The van der Waals surface area contributed by atoms with Crippen LogP contribution in [0.25, 0.3) is 0 Å². The van der Waals surface area contributed by atoms with E-state index in [0.29, 0.717) is 0 Å². The molecule has 0 saturated heterocycles. The third-order valence-electron chi connectivity index (χ3n) is 8.65. The van der Waals surface area contributed by atoms with Gasteiger partial charge in [0.05, 0.1) is 0 Å². The molecule has 0 aromatic rings. The summed E-state index contributed by atoms with van der Waals surface area (Å²) in [7, 11) is 0. The zero-order valence-electron chi connectivity index (χ0n) is 26.2. The van der Waals surface area contributed by atoms with Gasteiger partial charge >= 0.3 is 0 Å². The van der Waals surface area contributed by atoms with E-state index in [-0.39, 0.29) is 0 Å². The van der Waals surface area contributed by atoms with Crippen molar-refractivity contribution in [3.8, 4) is 0 Å². The molecule has 1 atom stereocenters. The zero-order chi connectivity index (χ0) is 26.2. The third kappa shape index (κ3) is 30.2. The van der Waals surface area contributed by atoms with Crippen molar-refractivity contribution in [3.63, 3.8) is 0 Å². The Kier molecular flexibility index (Phi) is 33.0. The molecule has 0 bridgehead atoms. The first-order chi connectivity index (χ1) is 17.8. The Morgan fingerprint density at radius 2 is 0.417 bits per heavy atom. The standard InChI is InChI=1S/C36H74/c1-4-7-10-12-14-16-18-20-21-22-24-26-28-30-32-35-36(33-9-6-3)34-31-29-27-25-23-19-17-15-13-11-8-5-2/h36H,4-35H2,1-3H3. The van der Waals surface area contributed by atoms with Crippen molar-refractivity contribution in [2.45, 2.75) is 226 Å². The average molecular weight is 507 g/mol. The monoisotopic (exact) mass is 507 g/mol. The normalized spacial score (nSPS) is 12.4. The van der Waals surface area contributed by atoms with Crippen LogP contribution in [0.15, 0.2) is 0 Å². The molecule has 0 N–H and O–H groups in total. The van der Waals surface area contributed by atoms with E-state index in [1.807, 2.05) is 0 Å². The Hall–Kier alpha value is 0. The van der Waals surface area contributed by atoms with E-state index in [4.69, 9.17) is 0 Å². The van der Waals surface area contributed by atoms with Gasteiger partial charge < -0.3 is 0 Å². The molecule has 0 rings (SSSR count). The molecule has 0 heterocycles. The van der Waals surface area contributed by atoms with Gasteiger partial charge in [-0.05, 0) is 5.92 Å². The number of hydrogen-bond acceptors (Lipinski definition) is 0. The van der Waals surface area contributed by atoms with Crippen molar-refractivity contribution < 1.29 is 0 Å². The van der Waals surface area contributed by atoms with Gasteiger partial charge in [0.15, 0.2) is 0 Å². The summed E-state index contributed by atoms with van der Waals surface area (Å²) < 4.78 is 0. The maximum absolute atomic E-state index is 2.37. The molecule has 218 valence electrons. The minimum absolute atomic E-state index is 1.04. The maximum Gasteiger partial charge on any atom is -0.0414 e. The van der Waals surface area contributed by atoms with Gasteiger partial charge in [0.1, 0.15) is 0 Å². The van der Waals surface area contributed by atoms with Crippen LogP contribution in [0.4, 0.5) is 0 Å². The van der Waals surface area contributed by atoms with E-state index in [1.54, 1.807) is 0 Å². The van der Waals surface area contributed by atoms with Gasteiger partial charge in [-0.25, -0.2) is 0 Å². The molecule has 0 radical (unpaired) electrons. The predicted octanol–water partition coefficient (Wildman–Crippen LogP) is 14.1. The summed E-state index contributed by atoms with van der Waals surface area (Å²) in [6, 6.07) is 0. The topological polar surface area (TPSA) is 0 Å². The minimum atomic E-state index is 1.04. The lowest BCUT2D eigenvalue weighted by Crippen LogP contribution is -2.01. The predicted molar refractivity (Wildman–Crippen MR) is 168 cm³/mol. The highest BCUT2D eigenvalue weighted by Gasteiger charge is 2.08. The Bertz CT molecular complexity index is 359. The summed E-state index contributed by atoms with van der Waals surface area (Å²) in [6.45, 7) is 6.99. The van der Waals surface area contributed by atoms with E-state index in [9.17, 15) is 0 Å². The van der Waals surface area contributed by atoms with E-state index in [1.165, 1.54) is 205 Å². The average Bonchev–Trinajstić information content (AvgIpc) is 2.89. The fraction of sp³-hybridized carbons (Fsp3) is 1.00. The molecule has 0 heteroatoms. The van der Waals surface area contributed by atoms with Crippen molar-refractivity contribution >= 4 is 0 Å². The maximum atomic E-state index is 2.37.